The fourth-order valence-corrected chi connectivity index (χ4v) is 2.06. The number of amides is 1. The van der Waals surface area contributed by atoms with Gasteiger partial charge in [-0.2, -0.15) is 5.10 Å². The van der Waals surface area contributed by atoms with E-state index in [2.05, 4.69) is 26.3 Å². The van der Waals surface area contributed by atoms with E-state index in [0.29, 0.717) is 12.3 Å². The topological polar surface area (TPSA) is 56.1 Å². The molecule has 1 aromatic carbocycles. The van der Waals surface area contributed by atoms with Crippen molar-refractivity contribution in [3.05, 3.63) is 46.7 Å². The van der Waals surface area contributed by atoms with E-state index in [1.807, 2.05) is 37.4 Å². The fraction of sp³-hybridized carbons (Fsp3) is 0.286. The van der Waals surface area contributed by atoms with Crippen LogP contribution in [0.15, 0.2) is 41.0 Å². The molecule has 0 fully saturated rings. The first-order chi connectivity index (χ1) is 9.58. The van der Waals surface area contributed by atoms with Crippen molar-refractivity contribution >= 4 is 21.8 Å². The molecule has 2 rings (SSSR count). The Balaban J connectivity index is 1.89. The van der Waals surface area contributed by atoms with Crippen molar-refractivity contribution in [3.63, 3.8) is 0 Å². The second kappa shape index (κ2) is 6.56. The quantitative estimate of drug-likeness (QED) is 0.910. The summed E-state index contributed by atoms with van der Waals surface area (Å²) in [6, 6.07) is 9.30. The molecule has 0 aliphatic carbocycles. The number of nitrogens with one attached hydrogen (secondary N) is 1. The monoisotopic (exact) mass is 337 g/mol. The predicted molar refractivity (Wildman–Crippen MR) is 79.3 cm³/mol. The molecule has 0 bridgehead atoms. The molecule has 1 amide bonds. The van der Waals surface area contributed by atoms with Gasteiger partial charge < -0.3 is 10.1 Å². The number of halogens is 1. The van der Waals surface area contributed by atoms with Gasteiger partial charge in [0.2, 0.25) is 0 Å². The number of hydrogen-bond donors (Lipinski definition) is 1. The summed E-state index contributed by atoms with van der Waals surface area (Å²) in [5.41, 5.74) is 0.937. The fourth-order valence-electron chi connectivity index (χ4n) is 1.68. The van der Waals surface area contributed by atoms with Crippen LogP contribution in [0.1, 0.15) is 12.6 Å². The minimum absolute atomic E-state index is 0.165. The van der Waals surface area contributed by atoms with Gasteiger partial charge in [-0.05, 0) is 41.1 Å². The number of nitrogens with zero attached hydrogens (tertiary/aromatic N) is 2. The van der Waals surface area contributed by atoms with Crippen molar-refractivity contribution in [1.29, 1.82) is 0 Å². The summed E-state index contributed by atoms with van der Waals surface area (Å²) in [7, 11) is 1.84. The lowest BCUT2D eigenvalue weighted by Gasteiger charge is -2.15. The van der Waals surface area contributed by atoms with Crippen molar-refractivity contribution in [2.45, 2.75) is 19.6 Å². The summed E-state index contributed by atoms with van der Waals surface area (Å²) in [6.45, 7) is 2.15. The van der Waals surface area contributed by atoms with Gasteiger partial charge in [-0.1, -0.05) is 12.1 Å². The van der Waals surface area contributed by atoms with Crippen LogP contribution in [0.25, 0.3) is 0 Å². The molecule has 1 aromatic heterocycles. The van der Waals surface area contributed by atoms with Gasteiger partial charge in [-0.3, -0.25) is 9.48 Å². The molecule has 1 heterocycles. The number of benzene rings is 1. The molecular weight excluding hydrogens is 322 g/mol. The number of carbonyl (C=O) groups is 1. The zero-order valence-electron chi connectivity index (χ0n) is 11.3. The Morgan fingerprint density at radius 2 is 2.20 bits per heavy atom. The normalized spacial score (nSPS) is 11.9. The van der Waals surface area contributed by atoms with Gasteiger partial charge in [0.25, 0.3) is 5.91 Å². The minimum Gasteiger partial charge on any atom is -0.480 e. The van der Waals surface area contributed by atoms with Gasteiger partial charge in [-0.25, -0.2) is 0 Å². The highest BCUT2D eigenvalue weighted by Gasteiger charge is 2.15. The molecule has 0 spiro atoms. The van der Waals surface area contributed by atoms with Crippen LogP contribution < -0.4 is 10.1 Å². The third-order valence-corrected chi connectivity index (χ3v) is 3.53. The number of rotatable bonds is 5. The van der Waals surface area contributed by atoms with Crippen LogP contribution in [0.4, 0.5) is 0 Å². The molecular formula is C14H16BrN3O2. The predicted octanol–water partition coefficient (Wildman–Crippen LogP) is 2.27. The van der Waals surface area contributed by atoms with Crippen LogP contribution >= 0.6 is 15.9 Å². The summed E-state index contributed by atoms with van der Waals surface area (Å²) >= 11 is 3.39. The third-order valence-electron chi connectivity index (χ3n) is 2.88. The van der Waals surface area contributed by atoms with Crippen LogP contribution in [0.5, 0.6) is 5.75 Å². The first kappa shape index (κ1) is 14.6. The SMILES string of the molecule is C[C@H](Oc1ccccc1Br)C(=O)NCc1ccnn1C. The molecule has 106 valence electrons. The van der Waals surface area contributed by atoms with Gasteiger partial charge in [-0.15, -0.1) is 0 Å². The molecule has 5 nitrogen and oxygen atoms in total. The van der Waals surface area contributed by atoms with Crippen LogP contribution in [-0.4, -0.2) is 21.8 Å². The second-order valence-electron chi connectivity index (χ2n) is 4.35. The molecule has 2 aromatic rings. The first-order valence-corrected chi connectivity index (χ1v) is 7.03. The average molecular weight is 338 g/mol. The number of aryl methyl sites for hydroxylation is 1. The summed E-state index contributed by atoms with van der Waals surface area (Å²) in [4.78, 5) is 12.0. The largest absolute Gasteiger partial charge is 0.480 e. The van der Waals surface area contributed by atoms with E-state index in [1.54, 1.807) is 17.8 Å². The first-order valence-electron chi connectivity index (χ1n) is 6.23. The van der Waals surface area contributed by atoms with Gasteiger partial charge in [0.05, 0.1) is 16.7 Å². The number of aromatic nitrogens is 2. The molecule has 0 radical (unpaired) electrons. The summed E-state index contributed by atoms with van der Waals surface area (Å²) in [6.07, 6.45) is 1.13. The Labute approximate surface area is 126 Å². The van der Waals surface area contributed by atoms with Crippen LogP contribution in [-0.2, 0) is 18.4 Å². The van der Waals surface area contributed by atoms with Crippen LogP contribution in [0, 0.1) is 0 Å². The Hall–Kier alpha value is -1.82. The molecule has 0 saturated heterocycles. The molecule has 1 N–H and O–H groups in total. The Kier molecular flexibility index (Phi) is 4.79. The number of hydrogen-bond acceptors (Lipinski definition) is 3. The van der Waals surface area contributed by atoms with Crippen molar-refractivity contribution in [1.82, 2.24) is 15.1 Å². The van der Waals surface area contributed by atoms with Gasteiger partial charge in [0.1, 0.15) is 5.75 Å². The highest BCUT2D eigenvalue weighted by atomic mass is 79.9. The van der Waals surface area contributed by atoms with E-state index >= 15 is 0 Å². The van der Waals surface area contributed by atoms with Crippen molar-refractivity contribution in [2.75, 3.05) is 0 Å². The van der Waals surface area contributed by atoms with Crippen LogP contribution in [0.2, 0.25) is 0 Å². The Morgan fingerprint density at radius 3 is 2.85 bits per heavy atom. The molecule has 0 unspecified atom stereocenters. The zero-order chi connectivity index (χ0) is 14.5. The number of ether oxygens (including phenoxy) is 1. The van der Waals surface area contributed by atoms with E-state index < -0.39 is 6.10 Å². The van der Waals surface area contributed by atoms with E-state index in [1.165, 1.54) is 0 Å². The second-order valence-corrected chi connectivity index (χ2v) is 5.21. The van der Waals surface area contributed by atoms with Gasteiger partial charge >= 0.3 is 0 Å². The molecule has 0 saturated carbocycles. The van der Waals surface area contributed by atoms with E-state index in [9.17, 15) is 4.79 Å². The zero-order valence-corrected chi connectivity index (χ0v) is 12.9. The Morgan fingerprint density at radius 1 is 1.45 bits per heavy atom. The maximum absolute atomic E-state index is 12.0. The van der Waals surface area contributed by atoms with Crippen molar-refractivity contribution < 1.29 is 9.53 Å². The Bertz CT molecular complexity index is 598. The van der Waals surface area contributed by atoms with Gasteiger partial charge in [0, 0.05) is 13.2 Å². The summed E-state index contributed by atoms with van der Waals surface area (Å²) in [5, 5.41) is 6.87. The number of carbonyl (C=O) groups excluding carboxylic acids is 1. The summed E-state index contributed by atoms with van der Waals surface area (Å²) < 4.78 is 8.17. The van der Waals surface area contributed by atoms with Crippen LogP contribution in [0.3, 0.4) is 0 Å². The molecule has 6 heteroatoms. The van der Waals surface area contributed by atoms with Crippen molar-refractivity contribution in [3.8, 4) is 5.75 Å². The third kappa shape index (κ3) is 3.60. The van der Waals surface area contributed by atoms with E-state index in [0.717, 1.165) is 10.2 Å². The average Bonchev–Trinajstić information content (AvgIpc) is 2.84. The van der Waals surface area contributed by atoms with Crippen molar-refractivity contribution in [2.24, 2.45) is 7.05 Å². The molecule has 0 aliphatic rings. The lowest BCUT2D eigenvalue weighted by Crippen LogP contribution is -2.36. The summed E-state index contributed by atoms with van der Waals surface area (Å²) in [5.74, 6) is 0.484. The van der Waals surface area contributed by atoms with Gasteiger partial charge in [0.15, 0.2) is 6.10 Å². The lowest BCUT2D eigenvalue weighted by molar-refractivity contribution is -0.127. The minimum atomic E-state index is -0.568. The maximum atomic E-state index is 12.0. The smallest absolute Gasteiger partial charge is 0.261 e. The maximum Gasteiger partial charge on any atom is 0.261 e. The highest BCUT2D eigenvalue weighted by molar-refractivity contribution is 9.10. The highest BCUT2D eigenvalue weighted by Crippen LogP contribution is 2.24. The number of para-hydroxylation sites is 1. The molecule has 0 aliphatic heterocycles. The lowest BCUT2D eigenvalue weighted by atomic mass is 10.3. The molecule has 1 atom stereocenters. The molecule has 20 heavy (non-hydrogen) atoms. The standard InChI is InChI=1S/C14H16BrN3O2/c1-10(20-13-6-4-3-5-12(13)15)14(19)16-9-11-7-8-17-18(11)2/h3-8,10H,9H2,1-2H3,(H,16,19)/t10-/m0/s1. The van der Waals surface area contributed by atoms with E-state index in [-0.39, 0.29) is 5.91 Å². The van der Waals surface area contributed by atoms with E-state index in [4.69, 9.17) is 4.74 Å².